The number of sulfone groups is 1. The average Bonchev–Trinajstić information content (AvgIpc) is 2.98. The van der Waals surface area contributed by atoms with Crippen molar-refractivity contribution in [1.29, 1.82) is 0 Å². The molecule has 0 fully saturated rings. The number of hydrogen-bond acceptors (Lipinski definition) is 4. The molecule has 30 heavy (non-hydrogen) atoms. The summed E-state index contributed by atoms with van der Waals surface area (Å²) in [4.78, 5) is 23.5. The van der Waals surface area contributed by atoms with Crippen LogP contribution in [0.25, 0.3) is 10.9 Å². The number of benzene rings is 2. The number of carbonyl (C=O) groups is 2. The molecule has 1 aromatic heterocycles. The maximum absolute atomic E-state index is 12.8. The molecular formula is C20H18ClIN2O5S. The van der Waals surface area contributed by atoms with E-state index in [-0.39, 0.29) is 10.8 Å². The average molecular weight is 561 g/mol. The summed E-state index contributed by atoms with van der Waals surface area (Å²) in [6.45, 7) is 1.78. The van der Waals surface area contributed by atoms with E-state index in [1.54, 1.807) is 36.7 Å². The number of aromatic nitrogens is 1. The molecule has 1 unspecified atom stereocenters. The molecule has 1 amide bonds. The van der Waals surface area contributed by atoms with Crippen molar-refractivity contribution >= 4 is 66.8 Å². The van der Waals surface area contributed by atoms with Gasteiger partial charge in [-0.3, -0.25) is 9.59 Å². The molecule has 1 heterocycles. The number of hydrogen-bond donors (Lipinski definition) is 2. The molecule has 0 aliphatic carbocycles. The Balaban J connectivity index is 1.81. The number of carboxylic acids is 1. The maximum Gasteiger partial charge on any atom is 0.319 e. The molecule has 1 atom stereocenters. The van der Waals surface area contributed by atoms with E-state index in [1.807, 2.05) is 12.1 Å². The van der Waals surface area contributed by atoms with Crippen LogP contribution in [0.3, 0.4) is 0 Å². The molecule has 3 aromatic rings. The van der Waals surface area contributed by atoms with E-state index >= 15 is 0 Å². The molecule has 10 heteroatoms. The number of nitrogens with one attached hydrogen (secondary N) is 1. The lowest BCUT2D eigenvalue weighted by molar-refractivity contribution is -0.134. The third-order valence-electron chi connectivity index (χ3n) is 4.71. The first kappa shape index (κ1) is 22.6. The Morgan fingerprint density at radius 2 is 1.83 bits per heavy atom. The van der Waals surface area contributed by atoms with Gasteiger partial charge in [-0.25, -0.2) is 8.42 Å². The Morgan fingerprint density at radius 3 is 2.43 bits per heavy atom. The van der Waals surface area contributed by atoms with Gasteiger partial charge in [0.25, 0.3) is 5.91 Å². The molecule has 0 saturated carbocycles. The summed E-state index contributed by atoms with van der Waals surface area (Å²) >= 11 is 8.47. The van der Waals surface area contributed by atoms with E-state index in [9.17, 15) is 18.0 Å². The highest BCUT2D eigenvalue weighted by Crippen LogP contribution is 2.29. The lowest BCUT2D eigenvalue weighted by Gasteiger charge is -2.15. The van der Waals surface area contributed by atoms with Gasteiger partial charge in [-0.05, 0) is 65.4 Å². The van der Waals surface area contributed by atoms with Crippen LogP contribution in [-0.4, -0.2) is 35.7 Å². The van der Waals surface area contributed by atoms with Crippen LogP contribution in [0.15, 0.2) is 47.4 Å². The number of nitrogens with zero attached hydrogens (tertiary/aromatic N) is 1. The zero-order chi connectivity index (χ0) is 22.2. The molecule has 0 spiro atoms. The Labute approximate surface area is 192 Å². The number of halogens is 2. The predicted molar refractivity (Wildman–Crippen MR) is 123 cm³/mol. The zero-order valence-corrected chi connectivity index (χ0v) is 19.7. The van der Waals surface area contributed by atoms with Crippen LogP contribution in [0.1, 0.15) is 29.0 Å². The zero-order valence-electron chi connectivity index (χ0n) is 16.0. The van der Waals surface area contributed by atoms with Gasteiger partial charge in [-0.1, -0.05) is 23.7 Å². The number of carbonyl (C=O) groups excluding carboxylic acids is 1. The van der Waals surface area contributed by atoms with Gasteiger partial charge in [-0.2, -0.15) is 0 Å². The van der Waals surface area contributed by atoms with Crippen molar-refractivity contribution in [2.75, 3.05) is 5.75 Å². The second-order valence-electron chi connectivity index (χ2n) is 6.83. The minimum atomic E-state index is -3.90. The van der Waals surface area contributed by atoms with Crippen molar-refractivity contribution in [3.05, 3.63) is 62.3 Å². The first-order chi connectivity index (χ1) is 14.0. The third-order valence-corrected chi connectivity index (χ3v) is 7.26. The summed E-state index contributed by atoms with van der Waals surface area (Å²) in [6.07, 6.45) is 0. The van der Waals surface area contributed by atoms with Crippen LogP contribution >= 0.6 is 34.2 Å². The molecule has 0 aliphatic rings. The van der Waals surface area contributed by atoms with Gasteiger partial charge in [0, 0.05) is 16.0 Å². The minimum Gasteiger partial charge on any atom is -0.480 e. The van der Waals surface area contributed by atoms with Crippen LogP contribution < -0.4 is 5.32 Å². The van der Waals surface area contributed by atoms with E-state index in [0.717, 1.165) is 14.5 Å². The van der Waals surface area contributed by atoms with Crippen molar-refractivity contribution in [1.82, 2.24) is 9.88 Å². The normalized spacial score (nSPS) is 12.7. The van der Waals surface area contributed by atoms with Crippen LogP contribution in [0.2, 0.25) is 5.02 Å². The molecule has 0 radical (unpaired) electrons. The molecule has 0 aliphatic heterocycles. The van der Waals surface area contributed by atoms with Crippen molar-refractivity contribution in [2.24, 2.45) is 7.05 Å². The number of amides is 1. The smallest absolute Gasteiger partial charge is 0.319 e. The monoisotopic (exact) mass is 560 g/mol. The van der Waals surface area contributed by atoms with Crippen LogP contribution in [0.5, 0.6) is 0 Å². The SMILES string of the molecule is CC(NC(=O)c1cc2c(Cl)cc(I)cc2n1C)c1ccc(S(=O)(=O)CC(=O)O)cc1. The predicted octanol–water partition coefficient (Wildman–Crippen LogP) is 3.79. The first-order valence-electron chi connectivity index (χ1n) is 8.79. The lowest BCUT2D eigenvalue weighted by Crippen LogP contribution is -2.28. The Bertz CT molecular complexity index is 1250. The van der Waals surface area contributed by atoms with Gasteiger partial charge < -0.3 is 15.0 Å². The summed E-state index contributed by atoms with van der Waals surface area (Å²) in [7, 11) is -2.11. The molecular weight excluding hydrogens is 543 g/mol. The standard InChI is InChI=1S/C20H18ClIN2O5S/c1-11(12-3-5-14(6-4-12)30(28,29)10-19(25)26)23-20(27)18-9-15-16(21)7-13(22)8-17(15)24(18)2/h3-9,11H,10H2,1-2H3,(H,23,27)(H,25,26). The highest BCUT2D eigenvalue weighted by molar-refractivity contribution is 14.1. The van der Waals surface area contributed by atoms with Crippen LogP contribution in [0.4, 0.5) is 0 Å². The molecule has 0 saturated heterocycles. The summed E-state index contributed by atoms with van der Waals surface area (Å²) in [5.41, 5.74) is 1.98. The second-order valence-corrected chi connectivity index (χ2v) is 10.5. The molecule has 158 valence electrons. The molecule has 2 N–H and O–H groups in total. The fourth-order valence-electron chi connectivity index (χ4n) is 3.14. The van der Waals surface area contributed by atoms with E-state index in [1.165, 1.54) is 12.1 Å². The van der Waals surface area contributed by atoms with Crippen molar-refractivity contribution in [2.45, 2.75) is 17.9 Å². The summed E-state index contributed by atoms with van der Waals surface area (Å²) < 4.78 is 26.7. The third kappa shape index (κ3) is 4.62. The molecule has 2 aromatic carbocycles. The number of fused-ring (bicyclic) bond motifs is 1. The maximum atomic E-state index is 12.8. The highest BCUT2D eigenvalue weighted by Gasteiger charge is 2.21. The Kier molecular flexibility index (Phi) is 6.44. The molecule has 3 rings (SSSR count). The lowest BCUT2D eigenvalue weighted by atomic mass is 10.1. The highest BCUT2D eigenvalue weighted by atomic mass is 127. The summed E-state index contributed by atoms with van der Waals surface area (Å²) in [5.74, 6) is -2.68. The van der Waals surface area contributed by atoms with Gasteiger partial charge in [0.2, 0.25) is 0 Å². The van der Waals surface area contributed by atoms with Gasteiger partial charge in [0.05, 0.1) is 21.5 Å². The fraction of sp³-hybridized carbons (Fsp3) is 0.200. The summed E-state index contributed by atoms with van der Waals surface area (Å²) in [6, 6.07) is 10.9. The minimum absolute atomic E-state index is 0.0786. The second kappa shape index (κ2) is 8.56. The molecule has 0 bridgehead atoms. The van der Waals surface area contributed by atoms with E-state index < -0.39 is 27.6 Å². The summed E-state index contributed by atoms with van der Waals surface area (Å²) in [5, 5.41) is 13.0. The molecule has 7 nitrogen and oxygen atoms in total. The first-order valence-corrected chi connectivity index (χ1v) is 11.9. The quantitative estimate of drug-likeness (QED) is 0.447. The number of carboxylic acid groups (broad SMARTS) is 1. The van der Waals surface area contributed by atoms with Gasteiger partial charge in [0.15, 0.2) is 15.6 Å². The number of aliphatic carboxylic acids is 1. The number of aryl methyl sites for hydroxylation is 1. The number of rotatable bonds is 6. The van der Waals surface area contributed by atoms with E-state index in [0.29, 0.717) is 16.3 Å². The van der Waals surface area contributed by atoms with Crippen LogP contribution in [-0.2, 0) is 21.7 Å². The van der Waals surface area contributed by atoms with Gasteiger partial charge >= 0.3 is 5.97 Å². The largest absolute Gasteiger partial charge is 0.480 e. The van der Waals surface area contributed by atoms with E-state index in [2.05, 4.69) is 27.9 Å². The van der Waals surface area contributed by atoms with Gasteiger partial charge in [0.1, 0.15) is 5.69 Å². The Morgan fingerprint density at radius 1 is 1.20 bits per heavy atom. The Hall–Kier alpha value is -2.11. The van der Waals surface area contributed by atoms with Crippen molar-refractivity contribution in [3.63, 3.8) is 0 Å². The van der Waals surface area contributed by atoms with Crippen molar-refractivity contribution in [3.8, 4) is 0 Å². The van der Waals surface area contributed by atoms with Gasteiger partial charge in [-0.15, -0.1) is 0 Å². The topological polar surface area (TPSA) is 105 Å². The fourth-order valence-corrected chi connectivity index (χ4v) is 5.24. The van der Waals surface area contributed by atoms with Crippen LogP contribution in [0, 0.1) is 3.57 Å². The van der Waals surface area contributed by atoms with Crippen molar-refractivity contribution < 1.29 is 23.1 Å². The van der Waals surface area contributed by atoms with E-state index in [4.69, 9.17) is 16.7 Å².